The van der Waals surface area contributed by atoms with Crippen molar-refractivity contribution in [2.45, 2.75) is 20.8 Å². The van der Waals surface area contributed by atoms with Crippen molar-refractivity contribution in [2.24, 2.45) is 4.99 Å². The van der Waals surface area contributed by atoms with E-state index < -0.39 is 5.97 Å². The quantitative estimate of drug-likeness (QED) is 0.676. The van der Waals surface area contributed by atoms with Gasteiger partial charge in [-0.15, -0.1) is 12.4 Å². The van der Waals surface area contributed by atoms with Gasteiger partial charge in [0.1, 0.15) is 0 Å². The number of aryl methyl sites for hydroxylation is 2. The normalized spacial score (nSPS) is 10.2. The zero-order chi connectivity index (χ0) is 13.0. The van der Waals surface area contributed by atoms with Crippen LogP contribution in [-0.4, -0.2) is 35.9 Å². The number of rotatable bonds is 4. The zero-order valence-corrected chi connectivity index (χ0v) is 11.9. The van der Waals surface area contributed by atoms with Crippen LogP contribution in [0.3, 0.4) is 0 Å². The monoisotopic (exact) mass is 270 g/mol. The first-order chi connectivity index (χ1) is 7.95. The van der Waals surface area contributed by atoms with Gasteiger partial charge in [-0.25, -0.2) is 9.79 Å². The molecule has 0 radical (unpaired) electrons. The highest BCUT2D eigenvalue weighted by molar-refractivity contribution is 5.90. The summed E-state index contributed by atoms with van der Waals surface area (Å²) < 4.78 is 0. The van der Waals surface area contributed by atoms with Gasteiger partial charge >= 0.3 is 5.97 Å². The van der Waals surface area contributed by atoms with E-state index in [1.807, 2.05) is 25.8 Å². The van der Waals surface area contributed by atoms with Crippen LogP contribution < -0.4 is 0 Å². The Balaban J connectivity index is 0.00000289. The van der Waals surface area contributed by atoms with Gasteiger partial charge in [0.2, 0.25) is 0 Å². The third kappa shape index (κ3) is 4.04. The molecule has 1 N–H and O–H groups in total. The molecule has 0 bridgehead atoms. The number of nitrogens with zero attached hydrogens (tertiary/aromatic N) is 2. The van der Waals surface area contributed by atoms with E-state index >= 15 is 0 Å². The summed E-state index contributed by atoms with van der Waals surface area (Å²) in [4.78, 5) is 17.3. The molecule has 0 spiro atoms. The van der Waals surface area contributed by atoms with Crippen LogP contribution in [0.25, 0.3) is 0 Å². The number of carboxylic acid groups (broad SMARTS) is 1. The van der Waals surface area contributed by atoms with Crippen molar-refractivity contribution >= 4 is 30.4 Å². The molecule has 0 atom stereocenters. The van der Waals surface area contributed by atoms with Crippen molar-refractivity contribution in [2.75, 3.05) is 13.6 Å². The maximum Gasteiger partial charge on any atom is 0.335 e. The highest BCUT2D eigenvalue weighted by Gasteiger charge is 2.09. The van der Waals surface area contributed by atoms with Crippen molar-refractivity contribution in [3.63, 3.8) is 0 Å². The van der Waals surface area contributed by atoms with Crippen LogP contribution >= 0.6 is 12.4 Å². The van der Waals surface area contributed by atoms with Crippen LogP contribution in [0.5, 0.6) is 0 Å². The summed E-state index contributed by atoms with van der Waals surface area (Å²) in [6, 6.07) is 3.47. The van der Waals surface area contributed by atoms with Gasteiger partial charge in [0, 0.05) is 13.6 Å². The van der Waals surface area contributed by atoms with E-state index in [9.17, 15) is 4.79 Å². The maximum atomic E-state index is 11.0. The number of benzene rings is 1. The molecule has 0 aliphatic heterocycles. The molecule has 4 nitrogen and oxygen atoms in total. The van der Waals surface area contributed by atoms with Crippen LogP contribution in [0.15, 0.2) is 17.1 Å². The van der Waals surface area contributed by atoms with Gasteiger partial charge in [0.15, 0.2) is 0 Å². The highest BCUT2D eigenvalue weighted by Crippen LogP contribution is 2.23. The minimum atomic E-state index is -0.896. The number of hydrogen-bond donors (Lipinski definition) is 1. The topological polar surface area (TPSA) is 52.9 Å². The first kappa shape index (κ1) is 16.4. The smallest absolute Gasteiger partial charge is 0.335 e. The molecule has 1 aromatic carbocycles. The zero-order valence-electron chi connectivity index (χ0n) is 11.1. The maximum absolute atomic E-state index is 11.0. The van der Waals surface area contributed by atoms with Crippen molar-refractivity contribution < 1.29 is 9.90 Å². The lowest BCUT2D eigenvalue weighted by atomic mass is 10.0. The van der Waals surface area contributed by atoms with Crippen LogP contribution in [0, 0.1) is 13.8 Å². The number of aliphatic imine (C=N–C) groups is 1. The Morgan fingerprint density at radius 2 is 2.00 bits per heavy atom. The van der Waals surface area contributed by atoms with E-state index in [-0.39, 0.29) is 12.4 Å². The van der Waals surface area contributed by atoms with E-state index in [1.165, 1.54) is 0 Å². The van der Waals surface area contributed by atoms with Crippen LogP contribution in [0.2, 0.25) is 0 Å². The van der Waals surface area contributed by atoms with Gasteiger partial charge in [-0.1, -0.05) is 0 Å². The van der Waals surface area contributed by atoms with Gasteiger partial charge in [0.05, 0.1) is 17.6 Å². The third-order valence-corrected chi connectivity index (χ3v) is 2.67. The molecule has 0 heterocycles. The minimum Gasteiger partial charge on any atom is -0.478 e. The minimum absolute atomic E-state index is 0. The molecule has 0 aliphatic carbocycles. The first-order valence-corrected chi connectivity index (χ1v) is 5.54. The van der Waals surface area contributed by atoms with E-state index in [0.717, 1.165) is 23.4 Å². The first-order valence-electron chi connectivity index (χ1n) is 5.54. The largest absolute Gasteiger partial charge is 0.478 e. The van der Waals surface area contributed by atoms with E-state index in [4.69, 9.17) is 5.11 Å². The molecule has 0 saturated carbocycles. The van der Waals surface area contributed by atoms with Gasteiger partial charge < -0.3 is 10.0 Å². The van der Waals surface area contributed by atoms with Crippen molar-refractivity contribution in [1.29, 1.82) is 0 Å². The number of carbonyl (C=O) groups is 1. The second kappa shape index (κ2) is 7.01. The molecule has 0 aromatic heterocycles. The number of hydrogen-bond acceptors (Lipinski definition) is 2. The number of carboxylic acids is 1. The van der Waals surface area contributed by atoms with Crippen molar-refractivity contribution in [1.82, 2.24) is 4.90 Å². The summed E-state index contributed by atoms with van der Waals surface area (Å²) in [5, 5.41) is 8.99. The summed E-state index contributed by atoms with van der Waals surface area (Å²) in [6.07, 6.45) is 1.75. The van der Waals surface area contributed by atoms with E-state index in [1.54, 1.807) is 25.4 Å². The molecule has 5 heteroatoms. The Labute approximate surface area is 114 Å². The molecule has 0 amide bonds. The van der Waals surface area contributed by atoms with Crippen LogP contribution in [0.1, 0.15) is 28.4 Å². The fraction of sp³-hybridized carbons (Fsp3) is 0.385. The average molecular weight is 271 g/mol. The molecule has 0 saturated heterocycles. The van der Waals surface area contributed by atoms with Gasteiger partial charge in [-0.3, -0.25) is 0 Å². The fourth-order valence-electron chi connectivity index (χ4n) is 1.41. The van der Waals surface area contributed by atoms with Gasteiger partial charge in [-0.05, 0) is 44.0 Å². The Hall–Kier alpha value is -1.55. The van der Waals surface area contributed by atoms with E-state index in [2.05, 4.69) is 4.99 Å². The second-order valence-corrected chi connectivity index (χ2v) is 4.08. The fourth-order valence-corrected chi connectivity index (χ4v) is 1.41. The molecule has 0 fully saturated rings. The predicted molar refractivity (Wildman–Crippen MR) is 76.6 cm³/mol. The lowest BCUT2D eigenvalue weighted by Gasteiger charge is -2.10. The molecule has 0 aliphatic rings. The lowest BCUT2D eigenvalue weighted by molar-refractivity contribution is 0.0696. The SMILES string of the molecule is CCN(C)C=Nc1cc(C)c(C(=O)O)cc1C.Cl. The summed E-state index contributed by atoms with van der Waals surface area (Å²) in [7, 11) is 1.94. The molecule has 0 unspecified atom stereocenters. The van der Waals surface area contributed by atoms with Gasteiger partial charge in [-0.2, -0.15) is 0 Å². The summed E-state index contributed by atoms with van der Waals surface area (Å²) in [5.41, 5.74) is 2.75. The van der Waals surface area contributed by atoms with E-state index in [0.29, 0.717) is 5.56 Å². The van der Waals surface area contributed by atoms with Crippen LogP contribution in [0.4, 0.5) is 5.69 Å². The Bertz CT molecular complexity index is 459. The molecule has 18 heavy (non-hydrogen) atoms. The van der Waals surface area contributed by atoms with Crippen molar-refractivity contribution in [3.8, 4) is 0 Å². The lowest BCUT2D eigenvalue weighted by Crippen LogP contribution is -2.14. The molecular weight excluding hydrogens is 252 g/mol. The Kier molecular flexibility index (Phi) is 6.41. The molecular formula is C13H19ClN2O2. The summed E-state index contributed by atoms with van der Waals surface area (Å²) in [6.45, 7) is 6.57. The summed E-state index contributed by atoms with van der Waals surface area (Å²) >= 11 is 0. The third-order valence-electron chi connectivity index (χ3n) is 2.67. The van der Waals surface area contributed by atoms with Crippen molar-refractivity contribution in [3.05, 3.63) is 28.8 Å². The standard InChI is InChI=1S/C13H18N2O2.ClH/c1-5-15(4)8-14-12-7-9(2)11(13(16)17)6-10(12)3;/h6-8H,5H2,1-4H3,(H,16,17);1H. The number of halogens is 1. The summed E-state index contributed by atoms with van der Waals surface area (Å²) in [5.74, 6) is -0.896. The Morgan fingerprint density at radius 1 is 1.39 bits per heavy atom. The molecule has 1 aromatic rings. The average Bonchev–Trinajstić information content (AvgIpc) is 2.28. The molecule has 100 valence electrons. The molecule has 1 rings (SSSR count). The second-order valence-electron chi connectivity index (χ2n) is 4.08. The van der Waals surface area contributed by atoms with Gasteiger partial charge in [0.25, 0.3) is 0 Å². The Morgan fingerprint density at radius 3 is 2.50 bits per heavy atom. The highest BCUT2D eigenvalue weighted by atomic mass is 35.5. The number of aromatic carboxylic acids is 1. The van der Waals surface area contributed by atoms with Crippen LogP contribution in [-0.2, 0) is 0 Å². The predicted octanol–water partition coefficient (Wildman–Crippen LogP) is 3.03.